The van der Waals surface area contributed by atoms with Crippen molar-refractivity contribution >= 4 is 16.6 Å². The number of hydrogen-bond donors (Lipinski definition) is 2. The maximum absolute atomic E-state index is 11.5. The Morgan fingerprint density at radius 1 is 1.06 bits per heavy atom. The molecule has 0 radical (unpaired) electrons. The molecule has 0 unspecified atom stereocenters. The van der Waals surface area contributed by atoms with Crippen molar-refractivity contribution in [3.63, 3.8) is 0 Å². The Morgan fingerprint density at radius 2 is 1.82 bits per heavy atom. The Labute approximate surface area is 97.1 Å². The van der Waals surface area contributed by atoms with E-state index in [2.05, 4.69) is 14.9 Å². The number of hydrogen-bond acceptors (Lipinski definition) is 3. The number of rotatable bonds is 1. The zero-order valence-electron chi connectivity index (χ0n) is 9.32. The molecule has 0 amide bonds. The van der Waals surface area contributed by atoms with Crippen LogP contribution in [0, 0.1) is 0 Å². The van der Waals surface area contributed by atoms with E-state index in [1.54, 1.807) is 6.07 Å². The maximum Gasteiger partial charge on any atom is 0.326 e. The first kappa shape index (κ1) is 10.1. The van der Waals surface area contributed by atoms with Gasteiger partial charge in [-0.05, 0) is 31.0 Å². The molecule has 0 atom stereocenters. The molecule has 2 heterocycles. The van der Waals surface area contributed by atoms with Gasteiger partial charge in [0, 0.05) is 18.8 Å². The van der Waals surface area contributed by atoms with Gasteiger partial charge in [-0.2, -0.15) is 0 Å². The van der Waals surface area contributed by atoms with Crippen LogP contribution in [-0.4, -0.2) is 23.1 Å². The third kappa shape index (κ3) is 1.73. The van der Waals surface area contributed by atoms with Gasteiger partial charge in [-0.15, -0.1) is 0 Å². The number of fused-ring (bicyclic) bond motifs is 1. The van der Waals surface area contributed by atoms with Gasteiger partial charge in [0.15, 0.2) is 0 Å². The highest BCUT2D eigenvalue weighted by atomic mass is 16.2. The fraction of sp³-hybridized carbons (Fsp3) is 0.333. The number of nitrogens with zero attached hydrogens (tertiary/aromatic N) is 1. The lowest BCUT2D eigenvalue weighted by Crippen LogP contribution is -2.22. The van der Waals surface area contributed by atoms with Crippen LogP contribution < -0.4 is 16.1 Å². The van der Waals surface area contributed by atoms with Gasteiger partial charge in [-0.3, -0.25) is 9.78 Å². The molecule has 17 heavy (non-hydrogen) atoms. The van der Waals surface area contributed by atoms with Gasteiger partial charge in [0.1, 0.15) is 0 Å². The van der Waals surface area contributed by atoms with E-state index < -0.39 is 5.69 Å². The molecule has 3 rings (SSSR count). The molecule has 5 nitrogen and oxygen atoms in total. The molecular formula is C12H13N3O2. The zero-order chi connectivity index (χ0) is 11.8. The molecule has 0 spiro atoms. The van der Waals surface area contributed by atoms with Crippen LogP contribution in [0.4, 0.5) is 5.69 Å². The summed E-state index contributed by atoms with van der Waals surface area (Å²) in [6.07, 6.45) is 2.40. The lowest BCUT2D eigenvalue weighted by Gasteiger charge is -2.17. The normalized spacial score (nSPS) is 15.6. The summed E-state index contributed by atoms with van der Waals surface area (Å²) >= 11 is 0. The molecule has 2 N–H and O–H groups in total. The number of benzene rings is 1. The second-order valence-electron chi connectivity index (χ2n) is 4.33. The molecule has 88 valence electrons. The monoisotopic (exact) mass is 231 g/mol. The second-order valence-corrected chi connectivity index (χ2v) is 4.33. The minimum Gasteiger partial charge on any atom is -0.371 e. The van der Waals surface area contributed by atoms with E-state index in [-0.39, 0.29) is 5.56 Å². The van der Waals surface area contributed by atoms with Crippen molar-refractivity contribution in [1.82, 2.24) is 9.97 Å². The Balaban J connectivity index is 2.18. The van der Waals surface area contributed by atoms with E-state index in [1.165, 1.54) is 12.8 Å². The topological polar surface area (TPSA) is 69.0 Å². The highest BCUT2D eigenvalue weighted by molar-refractivity contribution is 5.81. The number of anilines is 1. The Hall–Kier alpha value is -2.04. The van der Waals surface area contributed by atoms with Crippen LogP contribution in [0.5, 0.6) is 0 Å². The van der Waals surface area contributed by atoms with Crippen LogP contribution in [0.2, 0.25) is 0 Å². The average molecular weight is 231 g/mol. The van der Waals surface area contributed by atoms with E-state index in [1.807, 2.05) is 12.1 Å². The molecular weight excluding hydrogens is 218 g/mol. The van der Waals surface area contributed by atoms with Gasteiger partial charge < -0.3 is 9.88 Å². The first-order valence-corrected chi connectivity index (χ1v) is 5.75. The van der Waals surface area contributed by atoms with Crippen molar-refractivity contribution in [3.8, 4) is 0 Å². The quantitative estimate of drug-likeness (QED) is 0.763. The summed E-state index contributed by atoms with van der Waals surface area (Å²) in [6.45, 7) is 2.08. The molecule has 0 bridgehead atoms. The third-order valence-electron chi connectivity index (χ3n) is 3.19. The summed E-state index contributed by atoms with van der Waals surface area (Å²) in [6, 6.07) is 5.57. The van der Waals surface area contributed by atoms with Crippen molar-refractivity contribution in [2.75, 3.05) is 18.0 Å². The molecule has 5 heteroatoms. The summed E-state index contributed by atoms with van der Waals surface area (Å²) in [4.78, 5) is 29.9. The minimum absolute atomic E-state index is 0.336. The Morgan fingerprint density at radius 3 is 2.59 bits per heavy atom. The summed E-state index contributed by atoms with van der Waals surface area (Å²) in [5.74, 6) is 0. The first-order chi connectivity index (χ1) is 8.24. The molecule has 1 aliphatic heterocycles. The zero-order valence-corrected chi connectivity index (χ0v) is 9.32. The molecule has 0 aliphatic carbocycles. The van der Waals surface area contributed by atoms with E-state index in [4.69, 9.17) is 0 Å². The SMILES string of the molecule is O=c1[nH]c(=O)c2ccc(N3CCCC3)cc2[nH]1. The van der Waals surface area contributed by atoms with Gasteiger partial charge in [0.25, 0.3) is 5.56 Å². The van der Waals surface area contributed by atoms with Crippen LogP contribution in [0.1, 0.15) is 12.8 Å². The predicted octanol–water partition coefficient (Wildman–Crippen LogP) is 0.817. The lowest BCUT2D eigenvalue weighted by atomic mass is 10.2. The number of nitrogens with one attached hydrogen (secondary N) is 2. The summed E-state index contributed by atoms with van der Waals surface area (Å²) in [5.41, 5.74) is 0.872. The van der Waals surface area contributed by atoms with E-state index in [0.29, 0.717) is 10.9 Å². The second kappa shape index (κ2) is 3.76. The van der Waals surface area contributed by atoms with Crippen molar-refractivity contribution in [1.29, 1.82) is 0 Å². The molecule has 0 saturated carbocycles. The average Bonchev–Trinajstić information content (AvgIpc) is 2.81. The lowest BCUT2D eigenvalue weighted by molar-refractivity contribution is 0.949. The fourth-order valence-corrected chi connectivity index (χ4v) is 2.33. The van der Waals surface area contributed by atoms with Gasteiger partial charge in [0.05, 0.1) is 10.9 Å². The minimum atomic E-state index is -0.457. The highest BCUT2D eigenvalue weighted by Crippen LogP contribution is 2.22. The van der Waals surface area contributed by atoms with Crippen LogP contribution in [0.15, 0.2) is 27.8 Å². The summed E-state index contributed by atoms with van der Waals surface area (Å²) in [5, 5.41) is 0.521. The van der Waals surface area contributed by atoms with Crippen LogP contribution >= 0.6 is 0 Å². The molecule has 1 aromatic heterocycles. The van der Waals surface area contributed by atoms with E-state index in [9.17, 15) is 9.59 Å². The van der Waals surface area contributed by atoms with Crippen molar-refractivity contribution in [2.45, 2.75) is 12.8 Å². The maximum atomic E-state index is 11.5. The highest BCUT2D eigenvalue weighted by Gasteiger charge is 2.13. The molecule has 1 saturated heterocycles. The van der Waals surface area contributed by atoms with Crippen LogP contribution in [0.25, 0.3) is 10.9 Å². The standard InChI is InChI=1S/C12H13N3O2/c16-11-9-4-3-8(15-5-1-2-6-15)7-10(9)13-12(17)14-11/h3-4,7H,1-2,5-6H2,(H2,13,14,16,17). The summed E-state index contributed by atoms with van der Waals surface area (Å²) < 4.78 is 0. The molecule has 1 aromatic carbocycles. The van der Waals surface area contributed by atoms with Gasteiger partial charge in [0.2, 0.25) is 0 Å². The molecule has 2 aromatic rings. The number of aromatic amines is 2. The van der Waals surface area contributed by atoms with Crippen LogP contribution in [-0.2, 0) is 0 Å². The van der Waals surface area contributed by atoms with Crippen molar-refractivity contribution in [3.05, 3.63) is 39.0 Å². The number of aromatic nitrogens is 2. The Kier molecular flexibility index (Phi) is 2.24. The van der Waals surface area contributed by atoms with Crippen molar-refractivity contribution < 1.29 is 0 Å². The molecule has 1 fully saturated rings. The first-order valence-electron chi connectivity index (χ1n) is 5.75. The van der Waals surface area contributed by atoms with Gasteiger partial charge in [-0.1, -0.05) is 0 Å². The van der Waals surface area contributed by atoms with Gasteiger partial charge in [-0.25, -0.2) is 4.79 Å². The van der Waals surface area contributed by atoms with Crippen LogP contribution in [0.3, 0.4) is 0 Å². The van der Waals surface area contributed by atoms with E-state index in [0.717, 1.165) is 18.8 Å². The smallest absolute Gasteiger partial charge is 0.326 e. The van der Waals surface area contributed by atoms with E-state index >= 15 is 0 Å². The van der Waals surface area contributed by atoms with Gasteiger partial charge >= 0.3 is 5.69 Å². The Bertz CT molecular complexity index is 665. The number of H-pyrrole nitrogens is 2. The fourth-order valence-electron chi connectivity index (χ4n) is 2.33. The third-order valence-corrected chi connectivity index (χ3v) is 3.19. The largest absolute Gasteiger partial charge is 0.371 e. The molecule has 1 aliphatic rings. The predicted molar refractivity (Wildman–Crippen MR) is 66.6 cm³/mol. The summed E-state index contributed by atoms with van der Waals surface area (Å²) in [7, 11) is 0. The van der Waals surface area contributed by atoms with Crippen molar-refractivity contribution in [2.24, 2.45) is 0 Å².